The molecule has 6 nitrogen and oxygen atoms in total. The number of thioether (sulfide) groups is 1. The van der Waals surface area contributed by atoms with Gasteiger partial charge in [-0.15, -0.1) is 11.8 Å². The number of carbonyl (C=O) groups is 2. The second-order valence-corrected chi connectivity index (χ2v) is 8.89. The summed E-state index contributed by atoms with van der Waals surface area (Å²) in [6.07, 6.45) is 5.36. The lowest BCUT2D eigenvalue weighted by molar-refractivity contribution is 0.0680. The van der Waals surface area contributed by atoms with Crippen LogP contribution in [0.2, 0.25) is 0 Å². The molecule has 2 heterocycles. The number of likely N-dealkylation sites (tertiary alicyclic amines) is 1. The first kappa shape index (κ1) is 23.1. The number of fused-ring (bicyclic) bond motifs is 1. The molecule has 1 N–H and O–H groups in total. The van der Waals surface area contributed by atoms with Crippen LogP contribution in [-0.4, -0.2) is 54.2 Å². The Balaban J connectivity index is 1.38. The van der Waals surface area contributed by atoms with Crippen LogP contribution in [0.3, 0.4) is 0 Å². The highest BCUT2D eigenvalue weighted by Gasteiger charge is 2.26. The molecule has 1 fully saturated rings. The zero-order chi connectivity index (χ0) is 23.2. The van der Waals surface area contributed by atoms with Crippen LogP contribution in [0.25, 0.3) is 10.8 Å². The summed E-state index contributed by atoms with van der Waals surface area (Å²) in [5.41, 5.74) is 1.25. The van der Waals surface area contributed by atoms with Gasteiger partial charge in [-0.2, -0.15) is 0 Å². The number of nitrogens with one attached hydrogen (secondary N) is 1. The first-order valence-electron chi connectivity index (χ1n) is 11.3. The Morgan fingerprint density at radius 2 is 1.91 bits per heavy atom. The van der Waals surface area contributed by atoms with Gasteiger partial charge in [-0.3, -0.25) is 9.59 Å². The molecule has 7 heteroatoms. The maximum absolute atomic E-state index is 13.2. The van der Waals surface area contributed by atoms with Gasteiger partial charge in [0.2, 0.25) is 0 Å². The Morgan fingerprint density at radius 3 is 2.67 bits per heavy atom. The van der Waals surface area contributed by atoms with Crippen molar-refractivity contribution in [1.82, 2.24) is 15.2 Å². The number of carbonyl (C=O) groups excluding carboxylic acids is 2. The molecule has 2 amide bonds. The largest absolute Gasteiger partial charge is 0.493 e. The van der Waals surface area contributed by atoms with E-state index in [4.69, 9.17) is 4.74 Å². The first-order valence-corrected chi connectivity index (χ1v) is 12.6. The average Bonchev–Trinajstić information content (AvgIpc) is 2.87. The van der Waals surface area contributed by atoms with Crippen molar-refractivity contribution in [3.63, 3.8) is 0 Å². The molecule has 2 aromatic carbocycles. The van der Waals surface area contributed by atoms with Crippen molar-refractivity contribution in [2.75, 3.05) is 32.5 Å². The molecule has 172 valence electrons. The van der Waals surface area contributed by atoms with Crippen molar-refractivity contribution < 1.29 is 14.3 Å². The average molecular weight is 464 g/mol. The molecule has 1 aliphatic heterocycles. The molecule has 33 heavy (non-hydrogen) atoms. The quantitative estimate of drug-likeness (QED) is 0.517. The minimum Gasteiger partial charge on any atom is -0.493 e. The highest BCUT2D eigenvalue weighted by atomic mass is 32.2. The number of hydrogen-bond donors (Lipinski definition) is 1. The fraction of sp³-hybridized carbons (Fsp3) is 0.346. The number of rotatable bonds is 7. The minimum atomic E-state index is -0.117. The van der Waals surface area contributed by atoms with Crippen LogP contribution >= 0.6 is 11.8 Å². The van der Waals surface area contributed by atoms with E-state index in [0.29, 0.717) is 49.0 Å². The predicted octanol–water partition coefficient (Wildman–Crippen LogP) is 4.64. The fourth-order valence-corrected chi connectivity index (χ4v) is 4.86. The minimum absolute atomic E-state index is 0.0343. The van der Waals surface area contributed by atoms with Crippen molar-refractivity contribution in [3.05, 3.63) is 65.9 Å². The van der Waals surface area contributed by atoms with E-state index in [1.807, 2.05) is 60.5 Å². The number of hydrogen-bond acceptors (Lipinski definition) is 5. The van der Waals surface area contributed by atoms with Crippen LogP contribution in [0.15, 0.2) is 59.8 Å². The predicted molar refractivity (Wildman–Crippen MR) is 132 cm³/mol. The van der Waals surface area contributed by atoms with Crippen molar-refractivity contribution in [2.45, 2.75) is 24.8 Å². The zero-order valence-corrected chi connectivity index (χ0v) is 19.9. The third kappa shape index (κ3) is 5.14. The van der Waals surface area contributed by atoms with E-state index < -0.39 is 0 Å². The molecule has 0 unspecified atom stereocenters. The highest BCUT2D eigenvalue weighted by molar-refractivity contribution is 7.98. The molecule has 1 aromatic heterocycles. The molecular weight excluding hydrogens is 434 g/mol. The monoisotopic (exact) mass is 463 g/mol. The molecule has 1 aliphatic rings. The summed E-state index contributed by atoms with van der Waals surface area (Å²) in [7, 11) is 0. The Bertz CT molecular complexity index is 1140. The van der Waals surface area contributed by atoms with Gasteiger partial charge in [0.1, 0.15) is 10.8 Å². The Labute approximate surface area is 198 Å². The van der Waals surface area contributed by atoms with Crippen LogP contribution in [-0.2, 0) is 0 Å². The molecule has 3 aromatic rings. The highest BCUT2D eigenvalue weighted by Crippen LogP contribution is 2.29. The van der Waals surface area contributed by atoms with E-state index in [1.165, 1.54) is 11.8 Å². The van der Waals surface area contributed by atoms with Gasteiger partial charge in [0.05, 0.1) is 17.7 Å². The Morgan fingerprint density at radius 1 is 1.12 bits per heavy atom. The molecule has 0 spiro atoms. The Kier molecular flexibility index (Phi) is 7.50. The van der Waals surface area contributed by atoms with Crippen molar-refractivity contribution in [3.8, 4) is 5.75 Å². The molecular formula is C26H29N3O3S. The van der Waals surface area contributed by atoms with Crippen LogP contribution in [0, 0.1) is 5.92 Å². The van der Waals surface area contributed by atoms with Gasteiger partial charge in [-0.05, 0) is 60.9 Å². The van der Waals surface area contributed by atoms with Crippen LogP contribution < -0.4 is 10.1 Å². The van der Waals surface area contributed by atoms with E-state index in [0.717, 1.165) is 28.6 Å². The third-order valence-corrected chi connectivity index (χ3v) is 6.78. The summed E-state index contributed by atoms with van der Waals surface area (Å²) in [5, 5.41) is 5.78. The number of pyridine rings is 1. The van der Waals surface area contributed by atoms with E-state index in [2.05, 4.69) is 10.3 Å². The van der Waals surface area contributed by atoms with Gasteiger partial charge in [-0.1, -0.05) is 30.3 Å². The molecule has 0 aliphatic carbocycles. The van der Waals surface area contributed by atoms with Crippen molar-refractivity contribution >= 4 is 34.3 Å². The summed E-state index contributed by atoms with van der Waals surface area (Å²) in [5.74, 6) is 0.855. The summed E-state index contributed by atoms with van der Waals surface area (Å²) >= 11 is 1.49. The fourth-order valence-electron chi connectivity index (χ4n) is 4.31. The standard InChI is InChI=1S/C26H29N3O3S/c1-3-32-22-11-10-19-7-4-5-8-20(19)23(22)24(30)28-17-18-12-15-29(16-13-18)26(31)21-9-6-14-27-25(21)33-2/h4-11,14,18H,3,12-13,15-17H2,1-2H3,(H,28,30). The van der Waals surface area contributed by atoms with Crippen molar-refractivity contribution in [1.29, 1.82) is 0 Å². The van der Waals surface area contributed by atoms with E-state index in [9.17, 15) is 9.59 Å². The smallest absolute Gasteiger partial charge is 0.256 e. The lowest BCUT2D eigenvalue weighted by Gasteiger charge is -2.32. The lowest BCUT2D eigenvalue weighted by atomic mass is 9.96. The maximum Gasteiger partial charge on any atom is 0.256 e. The number of aromatic nitrogens is 1. The van der Waals surface area contributed by atoms with Gasteiger partial charge in [0.15, 0.2) is 0 Å². The summed E-state index contributed by atoms with van der Waals surface area (Å²) in [6.45, 7) is 4.36. The summed E-state index contributed by atoms with van der Waals surface area (Å²) in [6, 6.07) is 15.4. The molecule has 0 bridgehead atoms. The van der Waals surface area contributed by atoms with Crippen LogP contribution in [0.1, 0.15) is 40.5 Å². The molecule has 0 radical (unpaired) electrons. The van der Waals surface area contributed by atoms with Crippen molar-refractivity contribution in [2.24, 2.45) is 5.92 Å². The topological polar surface area (TPSA) is 71.5 Å². The van der Waals surface area contributed by atoms with Gasteiger partial charge in [0, 0.05) is 25.8 Å². The van der Waals surface area contributed by atoms with Gasteiger partial charge in [-0.25, -0.2) is 4.98 Å². The van der Waals surface area contributed by atoms with Crippen LogP contribution in [0.5, 0.6) is 5.75 Å². The molecule has 0 saturated carbocycles. The number of piperidine rings is 1. The Hall–Kier alpha value is -3.06. The normalized spacial score (nSPS) is 14.3. The maximum atomic E-state index is 13.2. The molecule has 0 atom stereocenters. The number of amides is 2. The van der Waals surface area contributed by atoms with E-state index >= 15 is 0 Å². The molecule has 4 rings (SSSR count). The third-order valence-electron chi connectivity index (χ3n) is 6.07. The van der Waals surface area contributed by atoms with Gasteiger partial charge in [0.25, 0.3) is 11.8 Å². The summed E-state index contributed by atoms with van der Waals surface area (Å²) in [4.78, 5) is 32.3. The zero-order valence-electron chi connectivity index (χ0n) is 19.0. The second-order valence-electron chi connectivity index (χ2n) is 8.10. The molecule has 1 saturated heterocycles. The van der Waals surface area contributed by atoms with Crippen LogP contribution in [0.4, 0.5) is 0 Å². The van der Waals surface area contributed by atoms with E-state index in [1.54, 1.807) is 12.3 Å². The summed E-state index contributed by atoms with van der Waals surface area (Å²) < 4.78 is 5.75. The lowest BCUT2D eigenvalue weighted by Crippen LogP contribution is -2.41. The number of nitrogens with zero attached hydrogens (tertiary/aromatic N) is 2. The van der Waals surface area contributed by atoms with E-state index in [-0.39, 0.29) is 11.8 Å². The number of ether oxygens (including phenoxy) is 1. The SMILES string of the molecule is CCOc1ccc2ccccc2c1C(=O)NCC1CCN(C(=O)c2cccnc2SC)CC1. The first-order chi connectivity index (χ1) is 16.1. The van der Waals surface area contributed by atoms with Gasteiger partial charge >= 0.3 is 0 Å². The second kappa shape index (κ2) is 10.7. The number of benzene rings is 2. The van der Waals surface area contributed by atoms with Gasteiger partial charge < -0.3 is 15.0 Å².